The summed E-state index contributed by atoms with van der Waals surface area (Å²) in [4.78, 5) is 5.14. The van der Waals surface area contributed by atoms with Crippen LogP contribution >= 0.6 is 0 Å². The first kappa shape index (κ1) is 13.4. The van der Waals surface area contributed by atoms with Gasteiger partial charge in [0.2, 0.25) is 0 Å². The molecule has 2 aliphatic carbocycles. The van der Waals surface area contributed by atoms with E-state index in [1.807, 2.05) is 0 Å². The molecule has 1 aromatic heterocycles. The van der Waals surface area contributed by atoms with Crippen LogP contribution in [-0.4, -0.2) is 4.98 Å². The van der Waals surface area contributed by atoms with Crippen molar-refractivity contribution >= 4 is 10.9 Å². The summed E-state index contributed by atoms with van der Waals surface area (Å²) in [5.74, 6) is 0. The molecule has 0 radical (unpaired) electrons. The molecule has 0 bridgehead atoms. The maximum absolute atomic E-state index is 5.14. The SMILES string of the molecule is CC1(C)c2ccccc2-c2nc3cccc4c3c(c21)-c1ccccc1-4. The number of nitrogens with zero attached hydrogens (tertiary/aromatic N) is 1. The fraction of sp³-hybridized carbons (Fsp3) is 0.125. The first-order chi connectivity index (χ1) is 12.2. The highest BCUT2D eigenvalue weighted by Crippen LogP contribution is 2.57. The normalized spacial score (nSPS) is 15.1. The maximum Gasteiger partial charge on any atom is 0.0759 e. The maximum atomic E-state index is 5.14. The number of aromatic nitrogens is 1. The van der Waals surface area contributed by atoms with Crippen LogP contribution in [0.15, 0.2) is 66.7 Å². The molecule has 1 nitrogen and oxygen atoms in total. The van der Waals surface area contributed by atoms with E-state index in [-0.39, 0.29) is 5.41 Å². The van der Waals surface area contributed by atoms with E-state index in [0.29, 0.717) is 0 Å². The highest BCUT2D eigenvalue weighted by molar-refractivity contribution is 6.17. The summed E-state index contributed by atoms with van der Waals surface area (Å²) in [7, 11) is 0. The van der Waals surface area contributed by atoms with Crippen LogP contribution in [-0.2, 0) is 5.41 Å². The van der Waals surface area contributed by atoms with Crippen molar-refractivity contribution in [1.82, 2.24) is 4.98 Å². The van der Waals surface area contributed by atoms with Crippen molar-refractivity contribution in [3.8, 4) is 33.5 Å². The zero-order valence-corrected chi connectivity index (χ0v) is 14.3. The molecule has 0 spiro atoms. The van der Waals surface area contributed by atoms with Gasteiger partial charge in [0.25, 0.3) is 0 Å². The minimum atomic E-state index is -0.0347. The van der Waals surface area contributed by atoms with E-state index in [4.69, 9.17) is 4.98 Å². The molecular weight excluding hydrogens is 302 g/mol. The zero-order valence-electron chi connectivity index (χ0n) is 14.3. The van der Waals surface area contributed by atoms with Gasteiger partial charge in [0.05, 0.1) is 11.2 Å². The van der Waals surface area contributed by atoms with E-state index in [9.17, 15) is 0 Å². The molecule has 118 valence electrons. The molecule has 0 amide bonds. The lowest BCUT2D eigenvalue weighted by Gasteiger charge is -2.24. The Bertz CT molecular complexity index is 1210. The molecule has 4 aromatic rings. The summed E-state index contributed by atoms with van der Waals surface area (Å²) >= 11 is 0. The van der Waals surface area contributed by atoms with Crippen molar-refractivity contribution in [2.45, 2.75) is 19.3 Å². The van der Waals surface area contributed by atoms with Crippen molar-refractivity contribution in [1.29, 1.82) is 0 Å². The van der Waals surface area contributed by atoms with Crippen LogP contribution < -0.4 is 0 Å². The van der Waals surface area contributed by atoms with Crippen LogP contribution in [0.25, 0.3) is 44.4 Å². The van der Waals surface area contributed by atoms with Gasteiger partial charge < -0.3 is 0 Å². The number of fused-ring (bicyclic) bond motifs is 7. The van der Waals surface area contributed by atoms with Crippen LogP contribution in [0.5, 0.6) is 0 Å². The van der Waals surface area contributed by atoms with Crippen molar-refractivity contribution in [3.05, 3.63) is 77.9 Å². The van der Waals surface area contributed by atoms with Crippen molar-refractivity contribution < 1.29 is 0 Å². The highest BCUT2D eigenvalue weighted by atomic mass is 14.7. The molecule has 2 aliphatic rings. The topological polar surface area (TPSA) is 12.9 Å². The van der Waals surface area contributed by atoms with Crippen LogP contribution in [0.2, 0.25) is 0 Å². The van der Waals surface area contributed by atoms with Crippen molar-refractivity contribution in [2.75, 3.05) is 0 Å². The van der Waals surface area contributed by atoms with E-state index in [2.05, 4.69) is 80.6 Å². The van der Waals surface area contributed by atoms with E-state index in [1.54, 1.807) is 0 Å². The molecule has 0 saturated heterocycles. The van der Waals surface area contributed by atoms with Crippen molar-refractivity contribution in [3.63, 3.8) is 0 Å². The Hall–Kier alpha value is -2.93. The van der Waals surface area contributed by atoms with Gasteiger partial charge in [0.1, 0.15) is 0 Å². The van der Waals surface area contributed by atoms with E-state index in [0.717, 1.165) is 11.2 Å². The Morgan fingerprint density at radius 3 is 2.20 bits per heavy atom. The number of rotatable bonds is 0. The zero-order chi connectivity index (χ0) is 16.8. The molecule has 1 heteroatoms. The number of benzene rings is 3. The largest absolute Gasteiger partial charge is 0.247 e. The minimum Gasteiger partial charge on any atom is -0.247 e. The van der Waals surface area contributed by atoms with Crippen LogP contribution in [0.4, 0.5) is 0 Å². The average molecular weight is 319 g/mol. The fourth-order valence-electron chi connectivity index (χ4n) is 4.92. The van der Waals surface area contributed by atoms with Gasteiger partial charge >= 0.3 is 0 Å². The second-order valence-corrected chi connectivity index (χ2v) is 7.63. The van der Waals surface area contributed by atoms with Gasteiger partial charge in [0, 0.05) is 16.4 Å². The second kappa shape index (κ2) is 4.18. The average Bonchev–Trinajstić information content (AvgIpc) is 3.08. The van der Waals surface area contributed by atoms with Crippen LogP contribution in [0, 0.1) is 0 Å². The number of pyridine rings is 1. The molecule has 0 atom stereocenters. The second-order valence-electron chi connectivity index (χ2n) is 7.63. The lowest BCUT2D eigenvalue weighted by Crippen LogP contribution is -2.16. The van der Waals surface area contributed by atoms with Crippen LogP contribution in [0.3, 0.4) is 0 Å². The Balaban J connectivity index is 1.89. The summed E-state index contributed by atoms with van der Waals surface area (Å²) < 4.78 is 0. The van der Waals surface area contributed by atoms with Gasteiger partial charge in [-0.25, -0.2) is 4.98 Å². The van der Waals surface area contributed by atoms with Gasteiger partial charge in [-0.3, -0.25) is 0 Å². The number of hydrogen-bond acceptors (Lipinski definition) is 1. The van der Waals surface area contributed by atoms with Gasteiger partial charge in [-0.1, -0.05) is 74.5 Å². The minimum absolute atomic E-state index is 0.0347. The smallest absolute Gasteiger partial charge is 0.0759 e. The van der Waals surface area contributed by atoms with Gasteiger partial charge in [-0.05, 0) is 39.4 Å². The van der Waals surface area contributed by atoms with E-state index in [1.165, 1.54) is 44.3 Å². The first-order valence-electron chi connectivity index (χ1n) is 8.85. The molecule has 0 fully saturated rings. The Morgan fingerprint density at radius 2 is 1.36 bits per heavy atom. The molecule has 0 N–H and O–H groups in total. The standard InChI is InChI=1S/C24H17N/c1-24(2)18-12-6-5-10-17(18)23-22(24)21-16-9-4-3-8-14(16)15-11-7-13-19(25-23)20(15)21/h3-13H,1-2H3. The van der Waals surface area contributed by atoms with Gasteiger partial charge in [-0.15, -0.1) is 0 Å². The quantitative estimate of drug-likeness (QED) is 0.332. The molecule has 0 aliphatic heterocycles. The third-order valence-corrected chi connectivity index (χ3v) is 5.98. The molecule has 25 heavy (non-hydrogen) atoms. The fourth-order valence-corrected chi connectivity index (χ4v) is 4.92. The Morgan fingerprint density at radius 1 is 0.680 bits per heavy atom. The number of hydrogen-bond donors (Lipinski definition) is 0. The van der Waals surface area contributed by atoms with Gasteiger partial charge in [-0.2, -0.15) is 0 Å². The Labute approximate surface area is 147 Å². The highest BCUT2D eigenvalue weighted by Gasteiger charge is 2.41. The summed E-state index contributed by atoms with van der Waals surface area (Å²) in [6.45, 7) is 4.68. The predicted molar refractivity (Wildman–Crippen MR) is 104 cm³/mol. The van der Waals surface area contributed by atoms with E-state index >= 15 is 0 Å². The summed E-state index contributed by atoms with van der Waals surface area (Å²) in [5, 5.41) is 1.32. The third kappa shape index (κ3) is 1.44. The Kier molecular flexibility index (Phi) is 2.23. The molecule has 1 heterocycles. The lowest BCUT2D eigenvalue weighted by molar-refractivity contribution is 0.662. The first-order valence-corrected chi connectivity index (χ1v) is 8.85. The van der Waals surface area contributed by atoms with E-state index < -0.39 is 0 Å². The molecule has 3 aromatic carbocycles. The van der Waals surface area contributed by atoms with Crippen molar-refractivity contribution in [2.24, 2.45) is 0 Å². The molecule has 0 unspecified atom stereocenters. The summed E-state index contributed by atoms with van der Waals surface area (Å²) in [6.07, 6.45) is 0. The summed E-state index contributed by atoms with van der Waals surface area (Å²) in [6, 6.07) is 24.1. The summed E-state index contributed by atoms with van der Waals surface area (Å²) in [5.41, 5.74) is 11.7. The molecule has 6 rings (SSSR count). The molecular formula is C24H17N. The van der Waals surface area contributed by atoms with Gasteiger partial charge in [0.15, 0.2) is 0 Å². The third-order valence-electron chi connectivity index (χ3n) is 5.98. The molecule has 0 saturated carbocycles. The predicted octanol–water partition coefficient (Wildman–Crippen LogP) is 6.19. The lowest BCUT2D eigenvalue weighted by atomic mass is 9.79. The monoisotopic (exact) mass is 319 g/mol. The van der Waals surface area contributed by atoms with Crippen LogP contribution in [0.1, 0.15) is 25.0 Å².